The number of hydrogen-bond acceptors (Lipinski definition) is 6. The number of likely N-dealkylation sites (tertiary alicyclic amines) is 1. The highest BCUT2D eigenvalue weighted by atomic mass is 16.5. The number of Topliss-reactive ketones (excluding diaryl/α,β-unsaturated/α-hetero) is 1. The number of aromatic nitrogens is 1. The number of rotatable bonds is 6. The second-order valence-corrected chi connectivity index (χ2v) is 9.54. The highest BCUT2D eigenvalue weighted by Gasteiger charge is 2.46. The monoisotopic (exact) mass is 518 g/mol. The third kappa shape index (κ3) is 4.86. The van der Waals surface area contributed by atoms with Gasteiger partial charge in [0.25, 0.3) is 11.7 Å². The Morgan fingerprint density at radius 3 is 2.56 bits per heavy atom. The molecule has 1 unspecified atom stereocenters. The predicted octanol–water partition coefficient (Wildman–Crippen LogP) is 5.82. The van der Waals surface area contributed by atoms with E-state index in [1.807, 2.05) is 54.6 Å². The van der Waals surface area contributed by atoms with Crippen LogP contribution in [0.3, 0.4) is 0 Å². The largest absolute Gasteiger partial charge is 0.507 e. The molecule has 1 saturated heterocycles. The van der Waals surface area contributed by atoms with Crippen molar-refractivity contribution in [1.82, 2.24) is 9.88 Å². The predicted molar refractivity (Wildman–Crippen MR) is 145 cm³/mol. The summed E-state index contributed by atoms with van der Waals surface area (Å²) < 4.78 is 11.8. The number of nitrogens with zero attached hydrogens (tertiary/aromatic N) is 2. The van der Waals surface area contributed by atoms with Crippen LogP contribution in [-0.4, -0.2) is 33.3 Å². The van der Waals surface area contributed by atoms with Crippen molar-refractivity contribution in [2.24, 2.45) is 0 Å². The minimum Gasteiger partial charge on any atom is -0.507 e. The maximum absolute atomic E-state index is 13.5. The van der Waals surface area contributed by atoms with Crippen LogP contribution in [0, 0.1) is 0 Å². The van der Waals surface area contributed by atoms with Crippen LogP contribution in [0.25, 0.3) is 5.76 Å². The van der Waals surface area contributed by atoms with Crippen molar-refractivity contribution in [2.45, 2.75) is 25.4 Å². The van der Waals surface area contributed by atoms with Crippen molar-refractivity contribution in [2.75, 3.05) is 6.61 Å². The molecule has 1 N–H and O–H groups in total. The highest BCUT2D eigenvalue weighted by molar-refractivity contribution is 6.46. The molecule has 2 aliphatic rings. The maximum Gasteiger partial charge on any atom is 0.295 e. The van der Waals surface area contributed by atoms with Crippen molar-refractivity contribution in [1.29, 1.82) is 0 Å². The van der Waals surface area contributed by atoms with Gasteiger partial charge >= 0.3 is 0 Å². The summed E-state index contributed by atoms with van der Waals surface area (Å²) in [6.45, 7) is 0.830. The minimum absolute atomic E-state index is 0.0441. The Morgan fingerprint density at radius 2 is 1.74 bits per heavy atom. The lowest BCUT2D eigenvalue weighted by atomic mass is 9.93. The summed E-state index contributed by atoms with van der Waals surface area (Å²) in [5.41, 5.74) is 2.95. The molecule has 0 aliphatic carbocycles. The van der Waals surface area contributed by atoms with Gasteiger partial charge in [0.1, 0.15) is 23.0 Å². The average Bonchev–Trinajstić information content (AvgIpc) is 3.22. The lowest BCUT2D eigenvalue weighted by Gasteiger charge is -2.26. The van der Waals surface area contributed by atoms with E-state index >= 15 is 0 Å². The first-order valence-corrected chi connectivity index (χ1v) is 12.8. The highest BCUT2D eigenvalue weighted by Crippen LogP contribution is 2.42. The van der Waals surface area contributed by atoms with Crippen LogP contribution < -0.4 is 9.47 Å². The van der Waals surface area contributed by atoms with Crippen molar-refractivity contribution in [3.05, 3.63) is 125 Å². The molecule has 1 atom stereocenters. The molecule has 3 heterocycles. The van der Waals surface area contributed by atoms with Crippen LogP contribution in [0.5, 0.6) is 17.2 Å². The second kappa shape index (κ2) is 10.5. The Hall–Kier alpha value is -4.91. The molecule has 7 nitrogen and oxygen atoms in total. The number of fused-ring (bicyclic) bond motifs is 1. The molecule has 0 saturated carbocycles. The number of amides is 1. The lowest BCUT2D eigenvalue weighted by Crippen LogP contribution is -2.29. The zero-order valence-corrected chi connectivity index (χ0v) is 21.1. The number of aliphatic hydroxyl groups is 1. The molecule has 4 aromatic rings. The zero-order valence-electron chi connectivity index (χ0n) is 21.1. The molecule has 2 aliphatic heterocycles. The second-order valence-electron chi connectivity index (χ2n) is 9.54. The minimum atomic E-state index is -0.815. The number of carbonyl (C=O) groups is 2. The number of carbonyl (C=O) groups excluding carboxylic acids is 2. The first-order valence-electron chi connectivity index (χ1n) is 12.8. The van der Waals surface area contributed by atoms with Crippen molar-refractivity contribution < 1.29 is 24.2 Å². The summed E-state index contributed by atoms with van der Waals surface area (Å²) in [5, 5.41) is 11.5. The summed E-state index contributed by atoms with van der Waals surface area (Å²) in [6.07, 6.45) is 4.98. The Balaban J connectivity index is 1.45. The molecule has 194 valence electrons. The first-order chi connectivity index (χ1) is 19.1. The van der Waals surface area contributed by atoms with Gasteiger partial charge in [0.05, 0.1) is 18.2 Å². The van der Waals surface area contributed by atoms with Gasteiger partial charge in [-0.15, -0.1) is 0 Å². The lowest BCUT2D eigenvalue weighted by molar-refractivity contribution is -0.140. The summed E-state index contributed by atoms with van der Waals surface area (Å²) in [7, 11) is 0. The molecule has 0 radical (unpaired) electrons. The van der Waals surface area contributed by atoms with Gasteiger partial charge in [-0.3, -0.25) is 14.6 Å². The van der Waals surface area contributed by atoms with E-state index in [0.29, 0.717) is 29.2 Å². The van der Waals surface area contributed by atoms with Crippen molar-refractivity contribution >= 4 is 17.4 Å². The summed E-state index contributed by atoms with van der Waals surface area (Å²) >= 11 is 0. The molecule has 39 heavy (non-hydrogen) atoms. The van der Waals surface area contributed by atoms with Gasteiger partial charge in [0.2, 0.25) is 0 Å². The number of ketones is 1. The Kier molecular flexibility index (Phi) is 6.55. The number of pyridine rings is 1. The molecule has 3 aromatic carbocycles. The van der Waals surface area contributed by atoms with Gasteiger partial charge in [0, 0.05) is 24.5 Å². The molecule has 1 amide bonds. The van der Waals surface area contributed by atoms with E-state index in [9.17, 15) is 14.7 Å². The van der Waals surface area contributed by atoms with Gasteiger partial charge in [-0.2, -0.15) is 0 Å². The molecular weight excluding hydrogens is 492 g/mol. The fourth-order valence-electron chi connectivity index (χ4n) is 5.11. The molecule has 1 fully saturated rings. The third-order valence-corrected chi connectivity index (χ3v) is 6.98. The zero-order chi connectivity index (χ0) is 26.8. The van der Waals surface area contributed by atoms with Crippen LogP contribution in [0.4, 0.5) is 0 Å². The van der Waals surface area contributed by atoms with Crippen molar-refractivity contribution in [3.63, 3.8) is 0 Å². The van der Waals surface area contributed by atoms with Gasteiger partial charge in [-0.1, -0.05) is 30.3 Å². The quantitative estimate of drug-likeness (QED) is 0.197. The van der Waals surface area contributed by atoms with E-state index in [0.717, 1.165) is 29.7 Å². The third-order valence-electron chi connectivity index (χ3n) is 6.98. The standard InChI is InChI=1S/C32H26N2O5/c35-30(24-11-12-27-22(18-24)7-5-17-38-27)28-29(34(32(37)31(28)36)20-21-13-15-33-16-14-21)23-6-4-10-26(19-23)39-25-8-2-1-3-9-25/h1-4,6,8-16,18-19,29,35H,5,7,17,20H2/b30-28-. The Morgan fingerprint density at radius 1 is 0.949 bits per heavy atom. The van der Waals surface area contributed by atoms with Crippen LogP contribution in [0.15, 0.2) is 103 Å². The van der Waals surface area contributed by atoms with Crippen LogP contribution in [0.1, 0.15) is 34.7 Å². The number of aryl methyl sites for hydroxylation is 1. The Bertz CT molecular complexity index is 1570. The number of aliphatic hydroxyl groups excluding tert-OH is 1. The maximum atomic E-state index is 13.5. The summed E-state index contributed by atoms with van der Waals surface area (Å²) in [4.78, 5) is 32.5. The molecule has 7 heteroatoms. The van der Waals surface area contributed by atoms with Gasteiger partial charge in [0.15, 0.2) is 0 Å². The van der Waals surface area contributed by atoms with E-state index < -0.39 is 17.7 Å². The number of hydrogen-bond donors (Lipinski definition) is 1. The molecule has 0 bridgehead atoms. The van der Waals surface area contributed by atoms with Crippen molar-refractivity contribution in [3.8, 4) is 17.2 Å². The molecule has 1 aromatic heterocycles. The van der Waals surface area contributed by atoms with E-state index in [1.54, 1.807) is 42.7 Å². The fourth-order valence-corrected chi connectivity index (χ4v) is 5.11. The van der Waals surface area contributed by atoms with Crippen LogP contribution in [-0.2, 0) is 22.6 Å². The topological polar surface area (TPSA) is 89.0 Å². The Labute approximate surface area is 226 Å². The number of benzene rings is 3. The van der Waals surface area contributed by atoms with E-state index in [4.69, 9.17) is 9.47 Å². The molecule has 6 rings (SSSR count). The molecule has 0 spiro atoms. The first kappa shape index (κ1) is 24.4. The van der Waals surface area contributed by atoms with Crippen LogP contribution >= 0.6 is 0 Å². The van der Waals surface area contributed by atoms with Gasteiger partial charge < -0.3 is 19.5 Å². The van der Waals surface area contributed by atoms with E-state index in [-0.39, 0.29) is 17.9 Å². The summed E-state index contributed by atoms with van der Waals surface area (Å²) in [5.74, 6) is 0.386. The smallest absolute Gasteiger partial charge is 0.295 e. The van der Waals surface area contributed by atoms with Gasteiger partial charge in [-0.25, -0.2) is 0 Å². The summed E-state index contributed by atoms with van der Waals surface area (Å²) in [6, 6.07) is 24.8. The van der Waals surface area contributed by atoms with E-state index in [1.165, 1.54) is 4.90 Å². The molecular formula is C32H26N2O5. The normalized spacial score (nSPS) is 17.9. The SMILES string of the molecule is O=C1C(=O)N(Cc2ccncc2)C(c2cccc(Oc3ccccc3)c2)/C1=C(/O)c1ccc2c(c1)CCCO2. The van der Waals surface area contributed by atoms with E-state index in [2.05, 4.69) is 4.98 Å². The van der Waals surface area contributed by atoms with Crippen LogP contribution in [0.2, 0.25) is 0 Å². The number of ether oxygens (including phenoxy) is 2. The van der Waals surface area contributed by atoms with Gasteiger partial charge in [-0.05, 0) is 84.1 Å². The number of para-hydroxylation sites is 1. The fraction of sp³-hybridized carbons (Fsp3) is 0.156. The average molecular weight is 519 g/mol.